The Morgan fingerprint density at radius 3 is 2.57 bits per heavy atom. The fourth-order valence-corrected chi connectivity index (χ4v) is 4.27. The van der Waals surface area contributed by atoms with Crippen LogP contribution in [0.3, 0.4) is 0 Å². The Labute approximate surface area is 177 Å². The Hall–Kier alpha value is -2.79. The molecule has 1 amide bonds. The van der Waals surface area contributed by atoms with Gasteiger partial charge in [-0.05, 0) is 62.8 Å². The number of aromatic nitrogens is 1. The van der Waals surface area contributed by atoms with Crippen molar-refractivity contribution >= 4 is 16.8 Å². The first kappa shape index (κ1) is 20.5. The van der Waals surface area contributed by atoms with Gasteiger partial charge in [0.2, 0.25) is 0 Å². The van der Waals surface area contributed by atoms with E-state index in [4.69, 9.17) is 4.74 Å². The first-order valence-electron chi connectivity index (χ1n) is 10.7. The van der Waals surface area contributed by atoms with Crippen molar-refractivity contribution in [2.75, 3.05) is 13.1 Å². The molecule has 2 aromatic carbocycles. The number of rotatable bonds is 6. The number of piperidine rings is 1. The van der Waals surface area contributed by atoms with Crippen LogP contribution in [0.15, 0.2) is 54.6 Å². The minimum absolute atomic E-state index is 0.0414. The first-order valence-corrected chi connectivity index (χ1v) is 10.7. The third kappa shape index (κ3) is 5.03. The molecule has 2 heterocycles. The van der Waals surface area contributed by atoms with Crippen molar-refractivity contribution in [1.29, 1.82) is 0 Å². The molecule has 0 spiro atoms. The maximum atomic E-state index is 13.0. The SMILES string of the molecule is CC(C)(O)CC1CCN(C(=O)c2cc3ccc(OCc4ccccc4)cc3[nH]2)CC1. The van der Waals surface area contributed by atoms with E-state index >= 15 is 0 Å². The summed E-state index contributed by atoms with van der Waals surface area (Å²) in [5.41, 5.74) is 1.99. The van der Waals surface area contributed by atoms with Gasteiger partial charge < -0.3 is 19.7 Å². The van der Waals surface area contributed by atoms with Crippen molar-refractivity contribution < 1.29 is 14.6 Å². The van der Waals surface area contributed by atoms with Gasteiger partial charge in [0.05, 0.1) is 5.60 Å². The van der Waals surface area contributed by atoms with Crippen LogP contribution in [-0.2, 0) is 6.61 Å². The number of ether oxygens (including phenoxy) is 1. The molecule has 0 bridgehead atoms. The number of nitrogens with one attached hydrogen (secondary N) is 1. The largest absolute Gasteiger partial charge is 0.489 e. The van der Waals surface area contributed by atoms with Crippen LogP contribution in [-0.4, -0.2) is 39.6 Å². The summed E-state index contributed by atoms with van der Waals surface area (Å²) in [5.74, 6) is 1.29. The molecule has 30 heavy (non-hydrogen) atoms. The van der Waals surface area contributed by atoms with Crippen molar-refractivity contribution in [1.82, 2.24) is 9.88 Å². The summed E-state index contributed by atoms with van der Waals surface area (Å²) >= 11 is 0. The quantitative estimate of drug-likeness (QED) is 0.620. The highest BCUT2D eigenvalue weighted by molar-refractivity contribution is 5.98. The first-order chi connectivity index (χ1) is 14.4. The Bertz CT molecular complexity index is 996. The van der Waals surface area contributed by atoms with E-state index in [0.29, 0.717) is 18.2 Å². The molecule has 0 radical (unpaired) electrons. The Balaban J connectivity index is 1.39. The molecular formula is C25H30N2O3. The van der Waals surface area contributed by atoms with E-state index in [2.05, 4.69) is 4.98 Å². The summed E-state index contributed by atoms with van der Waals surface area (Å²) < 4.78 is 5.90. The average Bonchev–Trinajstić information content (AvgIpc) is 3.15. The highest BCUT2D eigenvalue weighted by Gasteiger charge is 2.28. The second-order valence-corrected chi connectivity index (χ2v) is 8.96. The molecule has 3 aromatic rings. The molecule has 2 N–H and O–H groups in total. The molecule has 1 saturated heterocycles. The molecule has 158 valence electrons. The van der Waals surface area contributed by atoms with Crippen LogP contribution in [0, 0.1) is 5.92 Å². The molecule has 5 nitrogen and oxygen atoms in total. The lowest BCUT2D eigenvalue weighted by Gasteiger charge is -2.34. The van der Waals surface area contributed by atoms with E-state index in [1.54, 1.807) is 0 Å². The lowest BCUT2D eigenvalue weighted by Crippen LogP contribution is -2.40. The second kappa shape index (κ2) is 8.52. The Morgan fingerprint density at radius 2 is 1.87 bits per heavy atom. The lowest BCUT2D eigenvalue weighted by molar-refractivity contribution is 0.0357. The van der Waals surface area contributed by atoms with Gasteiger partial charge in [-0.15, -0.1) is 0 Å². The molecule has 5 heteroatoms. The summed E-state index contributed by atoms with van der Waals surface area (Å²) in [5, 5.41) is 11.0. The number of aliphatic hydroxyl groups is 1. The molecular weight excluding hydrogens is 376 g/mol. The third-order valence-electron chi connectivity index (χ3n) is 5.76. The van der Waals surface area contributed by atoms with Gasteiger partial charge in [0, 0.05) is 30.1 Å². The number of aromatic amines is 1. The van der Waals surface area contributed by atoms with Crippen molar-refractivity contribution in [3.63, 3.8) is 0 Å². The summed E-state index contributed by atoms with van der Waals surface area (Å²) in [6.45, 7) is 5.69. The summed E-state index contributed by atoms with van der Waals surface area (Å²) in [7, 11) is 0. The monoisotopic (exact) mass is 406 g/mol. The van der Waals surface area contributed by atoms with E-state index in [0.717, 1.165) is 54.6 Å². The van der Waals surface area contributed by atoms with Crippen LogP contribution in [0.25, 0.3) is 10.9 Å². The molecule has 0 atom stereocenters. The number of benzene rings is 2. The van der Waals surface area contributed by atoms with E-state index in [1.165, 1.54) is 0 Å². The van der Waals surface area contributed by atoms with Gasteiger partial charge >= 0.3 is 0 Å². The van der Waals surface area contributed by atoms with Gasteiger partial charge in [0.15, 0.2) is 0 Å². The molecule has 1 aliphatic heterocycles. The van der Waals surface area contributed by atoms with E-state index in [-0.39, 0.29) is 5.91 Å². The fourth-order valence-electron chi connectivity index (χ4n) is 4.27. The number of H-pyrrole nitrogens is 1. The lowest BCUT2D eigenvalue weighted by atomic mass is 9.86. The number of likely N-dealkylation sites (tertiary alicyclic amines) is 1. The van der Waals surface area contributed by atoms with E-state index < -0.39 is 5.60 Å². The van der Waals surface area contributed by atoms with Crippen LogP contribution in [0.2, 0.25) is 0 Å². The molecule has 1 aromatic heterocycles. The normalized spacial score (nSPS) is 15.5. The van der Waals surface area contributed by atoms with Gasteiger partial charge in [0.1, 0.15) is 18.1 Å². The summed E-state index contributed by atoms with van der Waals surface area (Å²) in [6, 6.07) is 17.9. The number of hydrogen-bond donors (Lipinski definition) is 2. The van der Waals surface area contributed by atoms with Gasteiger partial charge in [0.25, 0.3) is 5.91 Å². The van der Waals surface area contributed by atoms with E-state index in [1.807, 2.05) is 73.3 Å². The second-order valence-electron chi connectivity index (χ2n) is 8.96. The molecule has 4 rings (SSSR count). The molecule has 1 fully saturated rings. The Kier molecular flexibility index (Phi) is 5.82. The maximum Gasteiger partial charge on any atom is 0.270 e. The zero-order valence-electron chi connectivity index (χ0n) is 17.7. The van der Waals surface area contributed by atoms with Crippen molar-refractivity contribution in [2.45, 2.75) is 45.3 Å². The predicted molar refractivity (Wildman–Crippen MR) is 119 cm³/mol. The van der Waals surface area contributed by atoms with Gasteiger partial charge in [-0.25, -0.2) is 0 Å². The predicted octanol–water partition coefficient (Wildman–Crippen LogP) is 4.76. The van der Waals surface area contributed by atoms with Crippen LogP contribution >= 0.6 is 0 Å². The molecule has 0 aliphatic carbocycles. The fraction of sp³-hybridized carbons (Fsp3) is 0.400. The summed E-state index contributed by atoms with van der Waals surface area (Å²) in [6.07, 6.45) is 2.66. The average molecular weight is 407 g/mol. The minimum atomic E-state index is -0.645. The van der Waals surface area contributed by atoms with Crippen LogP contribution in [0.1, 0.15) is 49.2 Å². The van der Waals surface area contributed by atoms with Gasteiger partial charge in [-0.2, -0.15) is 0 Å². The zero-order chi connectivity index (χ0) is 21.1. The van der Waals surface area contributed by atoms with Crippen molar-refractivity contribution in [3.8, 4) is 5.75 Å². The number of carbonyl (C=O) groups excluding carboxylic acids is 1. The standard InChI is InChI=1S/C25H30N2O3/c1-25(2,29)16-18-10-12-27(13-11-18)24(28)23-14-20-8-9-21(15-22(20)26-23)30-17-19-6-4-3-5-7-19/h3-9,14-15,18,26,29H,10-13,16-17H2,1-2H3. The number of amides is 1. The highest BCUT2D eigenvalue weighted by Crippen LogP contribution is 2.28. The van der Waals surface area contributed by atoms with Crippen LogP contribution in [0.5, 0.6) is 5.75 Å². The highest BCUT2D eigenvalue weighted by atomic mass is 16.5. The van der Waals surface area contributed by atoms with Crippen LogP contribution < -0.4 is 4.74 Å². The van der Waals surface area contributed by atoms with Crippen LogP contribution in [0.4, 0.5) is 0 Å². The van der Waals surface area contributed by atoms with Crippen molar-refractivity contribution in [2.24, 2.45) is 5.92 Å². The minimum Gasteiger partial charge on any atom is -0.489 e. The number of nitrogens with zero attached hydrogens (tertiary/aromatic N) is 1. The summed E-state index contributed by atoms with van der Waals surface area (Å²) in [4.78, 5) is 18.2. The number of hydrogen-bond acceptors (Lipinski definition) is 3. The number of carbonyl (C=O) groups is 1. The maximum absolute atomic E-state index is 13.0. The third-order valence-corrected chi connectivity index (χ3v) is 5.76. The van der Waals surface area contributed by atoms with Gasteiger partial charge in [-0.1, -0.05) is 30.3 Å². The molecule has 1 aliphatic rings. The number of fused-ring (bicyclic) bond motifs is 1. The smallest absolute Gasteiger partial charge is 0.270 e. The zero-order valence-corrected chi connectivity index (χ0v) is 17.7. The van der Waals surface area contributed by atoms with Gasteiger partial charge in [-0.3, -0.25) is 4.79 Å². The topological polar surface area (TPSA) is 65.6 Å². The van der Waals surface area contributed by atoms with Crippen molar-refractivity contribution in [3.05, 3.63) is 65.9 Å². The molecule has 0 unspecified atom stereocenters. The van der Waals surface area contributed by atoms with E-state index in [9.17, 15) is 9.90 Å². The molecule has 0 saturated carbocycles. The Morgan fingerprint density at radius 1 is 1.13 bits per heavy atom.